The van der Waals surface area contributed by atoms with E-state index >= 15 is 0 Å². The highest BCUT2D eigenvalue weighted by Gasteiger charge is 2.28. The summed E-state index contributed by atoms with van der Waals surface area (Å²) < 4.78 is 27.5. The van der Waals surface area contributed by atoms with Gasteiger partial charge in [-0.2, -0.15) is 4.31 Å². The zero-order chi connectivity index (χ0) is 15.8. The summed E-state index contributed by atoms with van der Waals surface area (Å²) in [5, 5.41) is 0.966. The normalized spacial score (nSPS) is 13.6. The van der Waals surface area contributed by atoms with Gasteiger partial charge in [-0.15, -0.1) is 11.3 Å². The van der Waals surface area contributed by atoms with Gasteiger partial charge in [0.2, 0.25) is 0 Å². The largest absolute Gasteiger partial charge is 0.252 e. The van der Waals surface area contributed by atoms with E-state index in [9.17, 15) is 8.42 Å². The number of hydrogen-bond donors (Lipinski definition) is 0. The van der Waals surface area contributed by atoms with Crippen LogP contribution in [-0.4, -0.2) is 19.8 Å². The minimum atomic E-state index is -3.56. The monoisotopic (exact) mass is 427 g/mol. The van der Waals surface area contributed by atoms with Crippen LogP contribution in [0.25, 0.3) is 0 Å². The molecule has 0 saturated carbocycles. The molecule has 1 atom stereocenters. The third-order valence-electron chi connectivity index (χ3n) is 3.14. The summed E-state index contributed by atoms with van der Waals surface area (Å²) >= 11 is 16.5. The number of nitrogens with zero attached hydrogens (tertiary/aromatic N) is 1. The summed E-state index contributed by atoms with van der Waals surface area (Å²) in [6, 6.07) is 7.94. The van der Waals surface area contributed by atoms with Crippen molar-refractivity contribution in [1.82, 2.24) is 4.31 Å². The van der Waals surface area contributed by atoms with Gasteiger partial charge in [0, 0.05) is 23.1 Å². The fourth-order valence-electron chi connectivity index (χ4n) is 1.82. The van der Waals surface area contributed by atoms with Crippen molar-refractivity contribution in [2.75, 3.05) is 7.05 Å². The zero-order valence-corrected chi connectivity index (χ0v) is 15.9. The third kappa shape index (κ3) is 3.63. The Labute approximate surface area is 146 Å². The molecular weight excluding hydrogens is 417 g/mol. The molecule has 2 aromatic rings. The van der Waals surface area contributed by atoms with Crippen molar-refractivity contribution in [1.29, 1.82) is 0 Å². The van der Waals surface area contributed by atoms with Crippen molar-refractivity contribution in [3.8, 4) is 0 Å². The molecule has 0 aliphatic heterocycles. The topological polar surface area (TPSA) is 37.4 Å². The van der Waals surface area contributed by atoms with Crippen LogP contribution in [0.15, 0.2) is 38.3 Å². The number of thiophene rings is 1. The van der Waals surface area contributed by atoms with Crippen LogP contribution in [0.2, 0.25) is 10.0 Å². The second-order valence-corrected chi connectivity index (χ2v) is 9.95. The molecule has 0 saturated heterocycles. The van der Waals surface area contributed by atoms with Gasteiger partial charge in [-0.25, -0.2) is 8.42 Å². The van der Waals surface area contributed by atoms with Gasteiger partial charge in [0.15, 0.2) is 0 Å². The van der Waals surface area contributed by atoms with E-state index in [-0.39, 0.29) is 4.21 Å². The molecule has 1 unspecified atom stereocenters. The van der Waals surface area contributed by atoms with Crippen LogP contribution in [-0.2, 0) is 10.0 Å². The molecule has 0 bridgehead atoms. The molecule has 0 aliphatic carbocycles. The van der Waals surface area contributed by atoms with Crippen molar-refractivity contribution in [2.45, 2.75) is 17.2 Å². The van der Waals surface area contributed by atoms with Crippen LogP contribution in [0.4, 0.5) is 0 Å². The van der Waals surface area contributed by atoms with Crippen molar-refractivity contribution in [3.05, 3.63) is 49.7 Å². The Bertz CT molecular complexity index is 761. The Balaban J connectivity index is 2.36. The summed E-state index contributed by atoms with van der Waals surface area (Å²) in [5.41, 5.74) is 0.711. The molecule has 1 aromatic carbocycles. The van der Waals surface area contributed by atoms with Gasteiger partial charge in [-0.05, 0) is 52.7 Å². The standard InChI is InChI=1S/C13H12BrCl2NO2S2/c1-8(10-4-3-9(15)7-11(10)16)17(2)21(18,19)13-6-5-12(14)20-13/h3-8H,1-2H3. The molecule has 0 spiro atoms. The summed E-state index contributed by atoms with van der Waals surface area (Å²) in [7, 11) is -2.02. The van der Waals surface area contributed by atoms with Gasteiger partial charge in [0.1, 0.15) is 4.21 Å². The maximum absolute atomic E-state index is 12.6. The van der Waals surface area contributed by atoms with Crippen LogP contribution in [0.3, 0.4) is 0 Å². The molecule has 21 heavy (non-hydrogen) atoms. The van der Waals surface area contributed by atoms with Gasteiger partial charge < -0.3 is 0 Å². The highest BCUT2D eigenvalue weighted by Crippen LogP contribution is 2.34. The van der Waals surface area contributed by atoms with Gasteiger partial charge in [-0.1, -0.05) is 29.3 Å². The second-order valence-electron chi connectivity index (χ2n) is 4.42. The molecule has 1 aromatic heterocycles. The molecule has 1 heterocycles. The van der Waals surface area contributed by atoms with Gasteiger partial charge in [-0.3, -0.25) is 0 Å². The minimum absolute atomic E-state index is 0.286. The maximum Gasteiger partial charge on any atom is 0.252 e. The second kappa shape index (κ2) is 6.56. The molecular formula is C13H12BrCl2NO2S2. The fourth-order valence-corrected chi connectivity index (χ4v) is 5.93. The molecule has 0 aliphatic rings. The van der Waals surface area contributed by atoms with E-state index < -0.39 is 16.1 Å². The number of hydrogen-bond acceptors (Lipinski definition) is 3. The van der Waals surface area contributed by atoms with Crippen LogP contribution in [0, 0.1) is 0 Å². The fraction of sp³-hybridized carbons (Fsp3) is 0.231. The Morgan fingerprint density at radius 2 is 1.90 bits per heavy atom. The van der Waals surface area contributed by atoms with Crippen LogP contribution in [0.5, 0.6) is 0 Å². The third-order valence-corrected chi connectivity index (χ3v) is 7.72. The lowest BCUT2D eigenvalue weighted by atomic mass is 10.1. The smallest absolute Gasteiger partial charge is 0.206 e. The summed E-state index contributed by atoms with van der Waals surface area (Å²) in [6.07, 6.45) is 0. The summed E-state index contributed by atoms with van der Waals surface area (Å²) in [6.45, 7) is 1.79. The Morgan fingerprint density at radius 1 is 1.24 bits per heavy atom. The first-order valence-electron chi connectivity index (χ1n) is 5.92. The van der Waals surface area contributed by atoms with E-state index in [4.69, 9.17) is 23.2 Å². The first-order valence-corrected chi connectivity index (χ1v) is 9.72. The molecule has 0 amide bonds. The molecule has 2 rings (SSSR count). The quantitative estimate of drug-likeness (QED) is 0.670. The predicted molar refractivity (Wildman–Crippen MR) is 91.8 cm³/mol. The van der Waals surface area contributed by atoms with E-state index in [1.165, 1.54) is 15.6 Å². The van der Waals surface area contributed by atoms with Crippen LogP contribution < -0.4 is 0 Å². The Kier molecular flexibility index (Phi) is 5.39. The molecule has 3 nitrogen and oxygen atoms in total. The van der Waals surface area contributed by atoms with Crippen LogP contribution >= 0.6 is 50.5 Å². The molecule has 114 valence electrons. The average Bonchev–Trinajstić information content (AvgIpc) is 2.84. The molecule has 0 fully saturated rings. The lowest BCUT2D eigenvalue weighted by molar-refractivity contribution is 0.399. The lowest BCUT2D eigenvalue weighted by Gasteiger charge is -2.24. The minimum Gasteiger partial charge on any atom is -0.206 e. The highest BCUT2D eigenvalue weighted by molar-refractivity contribution is 9.11. The average molecular weight is 429 g/mol. The van der Waals surface area contributed by atoms with Crippen LogP contribution in [0.1, 0.15) is 18.5 Å². The molecule has 8 heteroatoms. The molecule has 0 radical (unpaired) electrons. The number of sulfonamides is 1. The number of rotatable bonds is 4. The first-order chi connectivity index (χ1) is 9.73. The Hall–Kier alpha value is -0.110. The van der Waals surface area contributed by atoms with Crippen molar-refractivity contribution < 1.29 is 8.42 Å². The molecule has 0 N–H and O–H groups in total. The van der Waals surface area contributed by atoms with E-state index in [0.29, 0.717) is 15.6 Å². The lowest BCUT2D eigenvalue weighted by Crippen LogP contribution is -2.29. The van der Waals surface area contributed by atoms with Gasteiger partial charge in [0.05, 0.1) is 3.79 Å². The highest BCUT2D eigenvalue weighted by atomic mass is 79.9. The van der Waals surface area contributed by atoms with Gasteiger partial charge >= 0.3 is 0 Å². The SMILES string of the molecule is CC(c1ccc(Cl)cc1Cl)N(C)S(=O)(=O)c1ccc(Br)s1. The zero-order valence-electron chi connectivity index (χ0n) is 11.2. The Morgan fingerprint density at radius 3 is 2.43 bits per heavy atom. The van der Waals surface area contributed by atoms with Crippen molar-refractivity contribution >= 4 is 60.5 Å². The predicted octanol–water partition coefficient (Wildman–Crippen LogP) is 5.20. The van der Waals surface area contributed by atoms with E-state index in [0.717, 1.165) is 3.79 Å². The summed E-state index contributed by atoms with van der Waals surface area (Å²) in [5.74, 6) is 0. The van der Waals surface area contributed by atoms with Crippen molar-refractivity contribution in [3.63, 3.8) is 0 Å². The van der Waals surface area contributed by atoms with Crippen molar-refractivity contribution in [2.24, 2.45) is 0 Å². The summed E-state index contributed by atoms with van der Waals surface area (Å²) in [4.78, 5) is 0. The first kappa shape index (κ1) is 17.2. The number of halogens is 3. The van der Waals surface area contributed by atoms with E-state index in [2.05, 4.69) is 15.9 Å². The van der Waals surface area contributed by atoms with Gasteiger partial charge in [0.25, 0.3) is 10.0 Å². The van der Waals surface area contributed by atoms with E-state index in [1.807, 2.05) is 0 Å². The van der Waals surface area contributed by atoms with E-state index in [1.54, 1.807) is 44.3 Å². The maximum atomic E-state index is 12.6. The number of benzene rings is 1.